The van der Waals surface area contributed by atoms with E-state index in [0.717, 1.165) is 6.08 Å². The Morgan fingerprint density at radius 3 is 2.52 bits per heavy atom. The van der Waals surface area contributed by atoms with Crippen molar-refractivity contribution in [3.05, 3.63) is 23.8 Å². The monoisotopic (exact) mass is 430 g/mol. The summed E-state index contributed by atoms with van der Waals surface area (Å²) in [5, 5.41) is 32.8. The Balaban J connectivity index is 1.87. The van der Waals surface area contributed by atoms with Crippen LogP contribution < -0.4 is 0 Å². The summed E-state index contributed by atoms with van der Waals surface area (Å²) in [4.78, 5) is 24.3. The van der Waals surface area contributed by atoms with Crippen LogP contribution in [0.2, 0.25) is 0 Å². The van der Waals surface area contributed by atoms with E-state index in [4.69, 9.17) is 11.6 Å². The van der Waals surface area contributed by atoms with E-state index in [-0.39, 0.29) is 24.8 Å². The molecule has 29 heavy (non-hydrogen) atoms. The maximum atomic E-state index is 16.8. The molecule has 0 aliphatic heterocycles. The van der Waals surface area contributed by atoms with E-state index < -0.39 is 69.8 Å². The van der Waals surface area contributed by atoms with Gasteiger partial charge in [-0.05, 0) is 49.8 Å². The highest BCUT2D eigenvalue weighted by molar-refractivity contribution is 6.29. The minimum atomic E-state index is -2.32. The summed E-state index contributed by atoms with van der Waals surface area (Å²) >= 11 is 5.67. The molecule has 0 spiro atoms. The van der Waals surface area contributed by atoms with Gasteiger partial charge >= 0.3 is 0 Å². The van der Waals surface area contributed by atoms with Crippen LogP contribution in [0.5, 0.6) is 0 Å². The van der Waals surface area contributed by atoms with Gasteiger partial charge in [0.05, 0.1) is 18.1 Å². The SMILES string of the molecule is C[C@]12C=CC(=O)C=C1[C@@H](F)C[C@H]1[C@@H]3C[C@@H](O)[C@](O)(C(=O)CCl)[C@@]3(C)C[C@H](O)[C@@]12F. The van der Waals surface area contributed by atoms with E-state index in [1.807, 2.05) is 0 Å². The lowest BCUT2D eigenvalue weighted by Crippen LogP contribution is -2.70. The lowest BCUT2D eigenvalue weighted by atomic mass is 9.44. The summed E-state index contributed by atoms with van der Waals surface area (Å²) < 4.78 is 32.0. The van der Waals surface area contributed by atoms with Crippen molar-refractivity contribution in [2.75, 3.05) is 5.88 Å². The average molecular weight is 431 g/mol. The van der Waals surface area contributed by atoms with E-state index in [1.165, 1.54) is 26.0 Å². The number of halogens is 3. The van der Waals surface area contributed by atoms with Gasteiger partial charge in [0, 0.05) is 16.7 Å². The second-order valence-corrected chi connectivity index (χ2v) is 9.70. The number of rotatable bonds is 2. The molecule has 0 aromatic rings. The molecular weight excluding hydrogens is 406 g/mol. The molecule has 4 aliphatic rings. The lowest BCUT2D eigenvalue weighted by molar-refractivity contribution is -0.224. The summed E-state index contributed by atoms with van der Waals surface area (Å²) in [6.45, 7) is 3.00. The maximum absolute atomic E-state index is 16.8. The highest BCUT2D eigenvalue weighted by Gasteiger charge is 2.77. The van der Waals surface area contributed by atoms with Crippen LogP contribution in [0.15, 0.2) is 23.8 Å². The smallest absolute Gasteiger partial charge is 0.182 e. The fourth-order valence-corrected chi connectivity index (χ4v) is 7.03. The topological polar surface area (TPSA) is 94.8 Å². The fourth-order valence-electron chi connectivity index (χ4n) is 6.82. The van der Waals surface area contributed by atoms with Crippen molar-refractivity contribution in [1.29, 1.82) is 0 Å². The molecular formula is C21H25ClF2O5. The molecule has 3 N–H and O–H groups in total. The molecule has 0 radical (unpaired) electrons. The number of fused-ring (bicyclic) bond motifs is 5. The number of hydrogen-bond acceptors (Lipinski definition) is 5. The van der Waals surface area contributed by atoms with Crippen molar-refractivity contribution in [1.82, 2.24) is 0 Å². The number of ketones is 2. The van der Waals surface area contributed by atoms with Crippen molar-refractivity contribution >= 4 is 23.2 Å². The second-order valence-electron chi connectivity index (χ2n) is 9.43. The van der Waals surface area contributed by atoms with Crippen LogP contribution >= 0.6 is 11.6 Å². The van der Waals surface area contributed by atoms with Crippen molar-refractivity contribution in [3.8, 4) is 0 Å². The number of carbonyl (C=O) groups excluding carboxylic acids is 2. The van der Waals surface area contributed by atoms with E-state index >= 15 is 8.78 Å². The summed E-state index contributed by atoms with van der Waals surface area (Å²) in [5.41, 5.74) is -7.49. The van der Waals surface area contributed by atoms with Gasteiger partial charge in [-0.15, -0.1) is 11.6 Å². The van der Waals surface area contributed by atoms with Gasteiger partial charge in [0.1, 0.15) is 6.17 Å². The molecule has 0 heterocycles. The Hall–Kier alpha value is -1.15. The summed E-state index contributed by atoms with van der Waals surface area (Å²) in [6.07, 6.45) is -1.89. The van der Waals surface area contributed by atoms with Crippen molar-refractivity contribution < 1.29 is 33.7 Å². The zero-order valence-electron chi connectivity index (χ0n) is 16.2. The molecule has 0 aromatic carbocycles. The highest BCUT2D eigenvalue weighted by Crippen LogP contribution is 2.70. The van der Waals surface area contributed by atoms with E-state index in [2.05, 4.69) is 0 Å². The molecule has 160 valence electrons. The van der Waals surface area contributed by atoms with Gasteiger partial charge in [-0.3, -0.25) is 9.59 Å². The number of Topliss-reactive ketones (excluding diaryl/α,β-unsaturated/α-hetero) is 1. The Bertz CT molecular complexity index is 845. The Morgan fingerprint density at radius 1 is 1.24 bits per heavy atom. The zero-order valence-corrected chi connectivity index (χ0v) is 17.0. The molecule has 9 atom stereocenters. The standard InChI is InChI=1S/C21H25ClF2O5/c1-18-4-3-10(25)5-13(18)14(23)6-12-11-7-15(26)21(29,17(28)9-22)19(11,2)8-16(27)20(12,18)24/h3-5,11-12,14-16,26-27,29H,6-9H2,1-2H3/t11-,12-,14-,15+,16-,18-,19-,20-,21-/m0/s1. The molecule has 4 aliphatic carbocycles. The molecule has 0 bridgehead atoms. The van der Waals surface area contributed by atoms with Crippen LogP contribution in [0.1, 0.15) is 33.1 Å². The highest BCUT2D eigenvalue weighted by atomic mass is 35.5. The lowest BCUT2D eigenvalue weighted by Gasteiger charge is -2.62. The van der Waals surface area contributed by atoms with Crippen molar-refractivity contribution in [2.45, 2.75) is 62.8 Å². The minimum absolute atomic E-state index is 0.00274. The molecule has 0 amide bonds. The second kappa shape index (κ2) is 6.19. The van der Waals surface area contributed by atoms with E-state index in [1.54, 1.807) is 0 Å². The number of aliphatic hydroxyl groups is 3. The Morgan fingerprint density at radius 2 is 1.90 bits per heavy atom. The molecule has 3 saturated carbocycles. The van der Waals surface area contributed by atoms with Crippen LogP contribution in [-0.4, -0.2) is 62.4 Å². The van der Waals surface area contributed by atoms with Crippen LogP contribution in [0.25, 0.3) is 0 Å². The largest absolute Gasteiger partial charge is 0.390 e. The summed E-state index contributed by atoms with van der Waals surface area (Å²) in [7, 11) is 0. The number of allylic oxidation sites excluding steroid dienone is 4. The first-order chi connectivity index (χ1) is 13.4. The van der Waals surface area contributed by atoms with Gasteiger partial charge in [0.25, 0.3) is 0 Å². The number of alkyl halides is 3. The van der Waals surface area contributed by atoms with Gasteiger partial charge in [-0.25, -0.2) is 8.78 Å². The van der Waals surface area contributed by atoms with Crippen molar-refractivity contribution in [2.24, 2.45) is 22.7 Å². The predicted octanol–water partition coefficient (Wildman–Crippen LogP) is 1.81. The fraction of sp³-hybridized carbons (Fsp3) is 0.714. The molecule has 0 unspecified atom stereocenters. The first kappa shape index (κ1) is 21.1. The number of aliphatic hydroxyl groups excluding tert-OH is 2. The summed E-state index contributed by atoms with van der Waals surface area (Å²) in [5.74, 6) is -3.60. The first-order valence-electron chi connectivity index (χ1n) is 9.84. The van der Waals surface area contributed by atoms with Crippen LogP contribution in [0.3, 0.4) is 0 Å². The number of carbonyl (C=O) groups is 2. The molecule has 8 heteroatoms. The van der Waals surface area contributed by atoms with Gasteiger partial charge in [0.2, 0.25) is 0 Å². The molecule has 3 fully saturated rings. The minimum Gasteiger partial charge on any atom is -0.390 e. The third kappa shape index (κ3) is 2.25. The predicted molar refractivity (Wildman–Crippen MR) is 101 cm³/mol. The summed E-state index contributed by atoms with van der Waals surface area (Å²) in [6, 6.07) is 0. The Labute approximate surface area is 172 Å². The normalized spacial score (nSPS) is 53.7. The van der Waals surface area contributed by atoms with Crippen LogP contribution in [0, 0.1) is 22.7 Å². The average Bonchev–Trinajstić information content (AvgIpc) is 2.86. The van der Waals surface area contributed by atoms with E-state index in [9.17, 15) is 24.9 Å². The van der Waals surface area contributed by atoms with Gasteiger partial charge < -0.3 is 15.3 Å². The van der Waals surface area contributed by atoms with E-state index in [0.29, 0.717) is 0 Å². The van der Waals surface area contributed by atoms with Crippen molar-refractivity contribution in [3.63, 3.8) is 0 Å². The third-order valence-electron chi connectivity index (χ3n) is 8.40. The van der Waals surface area contributed by atoms with Gasteiger partial charge in [-0.2, -0.15) is 0 Å². The third-order valence-corrected chi connectivity index (χ3v) is 8.64. The van der Waals surface area contributed by atoms with Gasteiger partial charge in [-0.1, -0.05) is 13.0 Å². The van der Waals surface area contributed by atoms with Crippen LogP contribution in [-0.2, 0) is 9.59 Å². The Kier molecular flexibility index (Phi) is 4.50. The molecule has 5 nitrogen and oxygen atoms in total. The molecule has 0 saturated heterocycles. The molecule has 0 aromatic heterocycles. The quantitative estimate of drug-likeness (QED) is 0.581. The van der Waals surface area contributed by atoms with Gasteiger partial charge in [0.15, 0.2) is 22.8 Å². The zero-order chi connectivity index (χ0) is 21.6. The number of hydrogen-bond donors (Lipinski definition) is 3. The maximum Gasteiger partial charge on any atom is 0.182 e. The first-order valence-corrected chi connectivity index (χ1v) is 10.4. The van der Waals surface area contributed by atoms with Crippen LogP contribution in [0.4, 0.5) is 8.78 Å². The molecule has 4 rings (SSSR count).